The average molecular weight is 248 g/mol. The lowest BCUT2D eigenvalue weighted by Crippen LogP contribution is -2.22. The fraction of sp³-hybridized carbons (Fsp3) is 0.667. The van der Waals surface area contributed by atoms with Crippen molar-refractivity contribution >= 4 is 0 Å². The van der Waals surface area contributed by atoms with Crippen molar-refractivity contribution in [3.8, 4) is 0 Å². The lowest BCUT2D eigenvalue weighted by atomic mass is 10.1. The van der Waals surface area contributed by atoms with Crippen LogP contribution < -0.4 is 5.32 Å². The SMILES string of the molecule is c1cncc(CNCCOC2CCCCCC2)c1. The molecule has 1 N–H and O–H groups in total. The first-order chi connectivity index (χ1) is 8.95. The Kier molecular flexibility index (Phi) is 6.17. The van der Waals surface area contributed by atoms with Gasteiger partial charge < -0.3 is 10.1 Å². The van der Waals surface area contributed by atoms with E-state index in [-0.39, 0.29) is 0 Å². The molecule has 1 saturated carbocycles. The summed E-state index contributed by atoms with van der Waals surface area (Å²) in [6, 6.07) is 4.06. The molecule has 1 aromatic rings. The van der Waals surface area contributed by atoms with Gasteiger partial charge in [0.05, 0.1) is 12.7 Å². The molecule has 0 unspecified atom stereocenters. The molecule has 0 aliphatic heterocycles. The van der Waals surface area contributed by atoms with Gasteiger partial charge in [0.1, 0.15) is 0 Å². The van der Waals surface area contributed by atoms with Gasteiger partial charge in [-0.2, -0.15) is 0 Å². The number of aromatic nitrogens is 1. The van der Waals surface area contributed by atoms with Gasteiger partial charge in [-0.05, 0) is 24.5 Å². The molecular weight excluding hydrogens is 224 g/mol. The highest BCUT2D eigenvalue weighted by Crippen LogP contribution is 2.19. The topological polar surface area (TPSA) is 34.2 Å². The second kappa shape index (κ2) is 8.22. The zero-order valence-corrected chi connectivity index (χ0v) is 11.1. The van der Waals surface area contributed by atoms with E-state index in [0.717, 1.165) is 19.7 Å². The number of hydrogen-bond donors (Lipinski definition) is 1. The summed E-state index contributed by atoms with van der Waals surface area (Å²) >= 11 is 0. The number of hydrogen-bond acceptors (Lipinski definition) is 3. The first kappa shape index (κ1) is 13.5. The number of pyridine rings is 1. The van der Waals surface area contributed by atoms with Gasteiger partial charge in [-0.1, -0.05) is 31.7 Å². The van der Waals surface area contributed by atoms with Gasteiger partial charge in [-0.3, -0.25) is 4.98 Å². The molecule has 3 nitrogen and oxygen atoms in total. The second-order valence-corrected chi connectivity index (χ2v) is 5.02. The van der Waals surface area contributed by atoms with Crippen LogP contribution >= 0.6 is 0 Å². The molecule has 0 saturated heterocycles. The minimum atomic E-state index is 0.507. The summed E-state index contributed by atoms with van der Waals surface area (Å²) in [4.78, 5) is 4.10. The third kappa shape index (κ3) is 5.15. The molecule has 0 amide bonds. The van der Waals surface area contributed by atoms with Gasteiger partial charge in [0, 0.05) is 25.5 Å². The Morgan fingerprint density at radius 2 is 2.06 bits per heavy atom. The van der Waals surface area contributed by atoms with E-state index in [9.17, 15) is 0 Å². The standard InChI is InChI=1S/C15H24N2O/c1-2-4-8-15(7-3-1)18-11-10-17-13-14-6-5-9-16-12-14/h5-6,9,12,15,17H,1-4,7-8,10-11,13H2. The van der Waals surface area contributed by atoms with Crippen LogP contribution in [0.25, 0.3) is 0 Å². The fourth-order valence-corrected chi connectivity index (χ4v) is 2.44. The van der Waals surface area contributed by atoms with Crippen LogP contribution in [0.3, 0.4) is 0 Å². The summed E-state index contributed by atoms with van der Waals surface area (Å²) in [5, 5.41) is 3.39. The number of ether oxygens (including phenoxy) is 1. The lowest BCUT2D eigenvalue weighted by Gasteiger charge is -2.15. The van der Waals surface area contributed by atoms with Crippen LogP contribution in [-0.4, -0.2) is 24.2 Å². The van der Waals surface area contributed by atoms with Crippen molar-refractivity contribution < 1.29 is 4.74 Å². The predicted molar refractivity (Wildman–Crippen MR) is 73.4 cm³/mol. The second-order valence-electron chi connectivity index (χ2n) is 5.02. The van der Waals surface area contributed by atoms with Crippen LogP contribution in [0.1, 0.15) is 44.1 Å². The molecule has 1 heterocycles. The van der Waals surface area contributed by atoms with Crippen LogP contribution in [0.4, 0.5) is 0 Å². The van der Waals surface area contributed by atoms with E-state index in [1.54, 1.807) is 6.20 Å². The van der Waals surface area contributed by atoms with Crippen LogP contribution in [0, 0.1) is 0 Å². The summed E-state index contributed by atoms with van der Waals surface area (Å²) in [6.07, 6.45) is 12.2. The van der Waals surface area contributed by atoms with E-state index in [2.05, 4.69) is 16.4 Å². The highest BCUT2D eigenvalue weighted by Gasteiger charge is 2.11. The van der Waals surface area contributed by atoms with E-state index in [4.69, 9.17) is 4.74 Å². The van der Waals surface area contributed by atoms with Gasteiger partial charge in [0.2, 0.25) is 0 Å². The van der Waals surface area contributed by atoms with E-state index >= 15 is 0 Å². The van der Waals surface area contributed by atoms with Gasteiger partial charge >= 0.3 is 0 Å². The smallest absolute Gasteiger partial charge is 0.0594 e. The Balaban J connectivity index is 1.53. The molecule has 0 radical (unpaired) electrons. The van der Waals surface area contributed by atoms with Crippen LogP contribution in [0.15, 0.2) is 24.5 Å². The molecule has 0 aromatic carbocycles. The van der Waals surface area contributed by atoms with E-state index in [1.165, 1.54) is 44.1 Å². The summed E-state index contributed by atoms with van der Waals surface area (Å²) in [6.45, 7) is 2.62. The largest absolute Gasteiger partial charge is 0.377 e. The molecular formula is C15H24N2O. The first-order valence-corrected chi connectivity index (χ1v) is 7.16. The van der Waals surface area contributed by atoms with Crippen LogP contribution in [0.2, 0.25) is 0 Å². The molecule has 2 rings (SSSR count). The first-order valence-electron chi connectivity index (χ1n) is 7.16. The van der Waals surface area contributed by atoms with E-state index < -0.39 is 0 Å². The van der Waals surface area contributed by atoms with Crippen LogP contribution in [0.5, 0.6) is 0 Å². The quantitative estimate of drug-likeness (QED) is 0.621. The highest BCUT2D eigenvalue weighted by molar-refractivity contribution is 5.07. The monoisotopic (exact) mass is 248 g/mol. The molecule has 18 heavy (non-hydrogen) atoms. The molecule has 1 aromatic heterocycles. The normalized spacial score (nSPS) is 17.6. The average Bonchev–Trinajstić information content (AvgIpc) is 2.68. The van der Waals surface area contributed by atoms with Gasteiger partial charge in [-0.15, -0.1) is 0 Å². The summed E-state index contributed by atoms with van der Waals surface area (Å²) in [7, 11) is 0. The van der Waals surface area contributed by atoms with E-state index in [0.29, 0.717) is 6.10 Å². The fourth-order valence-electron chi connectivity index (χ4n) is 2.44. The Labute approximate surface area is 110 Å². The Morgan fingerprint density at radius 3 is 2.78 bits per heavy atom. The van der Waals surface area contributed by atoms with Crippen molar-refractivity contribution in [2.45, 2.75) is 51.2 Å². The molecule has 1 fully saturated rings. The van der Waals surface area contributed by atoms with Crippen LogP contribution in [-0.2, 0) is 11.3 Å². The molecule has 0 atom stereocenters. The van der Waals surface area contributed by atoms with Crippen molar-refractivity contribution in [3.05, 3.63) is 30.1 Å². The maximum atomic E-state index is 5.92. The maximum Gasteiger partial charge on any atom is 0.0594 e. The van der Waals surface area contributed by atoms with Crippen molar-refractivity contribution in [3.63, 3.8) is 0 Å². The molecule has 0 bridgehead atoms. The predicted octanol–water partition coefficient (Wildman–Crippen LogP) is 2.91. The van der Waals surface area contributed by atoms with Gasteiger partial charge in [0.15, 0.2) is 0 Å². The third-order valence-electron chi connectivity index (χ3n) is 3.49. The lowest BCUT2D eigenvalue weighted by molar-refractivity contribution is 0.0450. The minimum absolute atomic E-state index is 0.507. The molecule has 100 valence electrons. The molecule has 1 aliphatic carbocycles. The maximum absolute atomic E-state index is 5.92. The van der Waals surface area contributed by atoms with Crippen molar-refractivity contribution in [2.24, 2.45) is 0 Å². The molecule has 0 spiro atoms. The minimum Gasteiger partial charge on any atom is -0.377 e. The Morgan fingerprint density at radius 1 is 1.22 bits per heavy atom. The zero-order chi connectivity index (χ0) is 12.5. The van der Waals surface area contributed by atoms with E-state index in [1.807, 2.05) is 12.3 Å². The number of nitrogens with one attached hydrogen (secondary N) is 1. The van der Waals surface area contributed by atoms with Gasteiger partial charge in [-0.25, -0.2) is 0 Å². The number of nitrogens with zero attached hydrogens (tertiary/aromatic N) is 1. The summed E-state index contributed by atoms with van der Waals surface area (Å²) in [5.41, 5.74) is 1.23. The summed E-state index contributed by atoms with van der Waals surface area (Å²) < 4.78 is 5.92. The molecule has 1 aliphatic rings. The van der Waals surface area contributed by atoms with Gasteiger partial charge in [0.25, 0.3) is 0 Å². The van der Waals surface area contributed by atoms with Crippen molar-refractivity contribution in [1.82, 2.24) is 10.3 Å². The highest BCUT2D eigenvalue weighted by atomic mass is 16.5. The summed E-state index contributed by atoms with van der Waals surface area (Å²) in [5.74, 6) is 0. The van der Waals surface area contributed by atoms with Crippen molar-refractivity contribution in [1.29, 1.82) is 0 Å². The number of rotatable bonds is 6. The Hall–Kier alpha value is -0.930. The zero-order valence-electron chi connectivity index (χ0n) is 11.1. The third-order valence-corrected chi connectivity index (χ3v) is 3.49. The van der Waals surface area contributed by atoms with Crippen molar-refractivity contribution in [2.75, 3.05) is 13.2 Å². The molecule has 3 heteroatoms. The Bertz CT molecular complexity index is 308.